The molecule has 2 rings (SSSR count). The normalized spacial score (nSPS) is 10.7. The molecule has 0 atom stereocenters. The number of benzene rings is 1. The van der Waals surface area contributed by atoms with Crippen LogP contribution in [0.5, 0.6) is 0 Å². The van der Waals surface area contributed by atoms with Crippen LogP contribution in [0.4, 0.5) is 5.69 Å². The molecular weight excluding hydrogens is 242 g/mol. The fourth-order valence-corrected chi connectivity index (χ4v) is 1.71. The van der Waals surface area contributed by atoms with E-state index in [9.17, 15) is 4.79 Å². The van der Waals surface area contributed by atoms with Crippen LogP contribution < -0.4 is 5.73 Å². The van der Waals surface area contributed by atoms with Crippen molar-refractivity contribution in [1.29, 1.82) is 0 Å². The Labute approximate surface area is 112 Å². The zero-order valence-corrected chi connectivity index (χ0v) is 11.0. The van der Waals surface area contributed by atoms with Crippen LogP contribution in [-0.2, 0) is 16.1 Å². The highest BCUT2D eigenvalue weighted by Gasteiger charge is 2.08. The maximum Gasteiger partial charge on any atom is 0.328 e. The number of rotatable bonds is 4. The van der Waals surface area contributed by atoms with Crippen molar-refractivity contribution in [2.75, 3.05) is 5.73 Å². The smallest absolute Gasteiger partial charge is 0.328 e. The Morgan fingerprint density at radius 2 is 2.00 bits per heavy atom. The molecule has 0 aliphatic heterocycles. The number of carbonyl (C=O) groups is 1. The summed E-state index contributed by atoms with van der Waals surface area (Å²) < 4.78 is 6.63. The van der Waals surface area contributed by atoms with Crippen molar-refractivity contribution in [2.24, 2.45) is 0 Å². The molecule has 0 saturated heterocycles. The van der Waals surface area contributed by atoms with Gasteiger partial charge in [0, 0.05) is 17.4 Å². The van der Waals surface area contributed by atoms with Gasteiger partial charge in [-0.05, 0) is 31.5 Å². The highest BCUT2D eigenvalue weighted by molar-refractivity contribution is 5.70. The molecule has 1 heterocycles. The first-order valence-corrected chi connectivity index (χ1v) is 6.12. The highest BCUT2D eigenvalue weighted by atomic mass is 16.5. The fourth-order valence-electron chi connectivity index (χ4n) is 1.71. The van der Waals surface area contributed by atoms with Crippen molar-refractivity contribution in [3.05, 3.63) is 36.7 Å². The number of esters is 1. The molecule has 100 valence electrons. The third-order valence-electron chi connectivity index (χ3n) is 2.54. The molecule has 0 spiro atoms. The molecule has 0 saturated carbocycles. The van der Waals surface area contributed by atoms with Gasteiger partial charge in [-0.2, -0.15) is 5.10 Å². The summed E-state index contributed by atoms with van der Waals surface area (Å²) in [7, 11) is 0. The Hall–Kier alpha value is -2.30. The summed E-state index contributed by atoms with van der Waals surface area (Å²) in [6, 6.07) is 7.51. The summed E-state index contributed by atoms with van der Waals surface area (Å²) >= 11 is 0. The second-order valence-electron chi connectivity index (χ2n) is 4.59. The molecule has 0 bridgehead atoms. The average Bonchev–Trinajstić information content (AvgIpc) is 2.77. The van der Waals surface area contributed by atoms with Crippen LogP contribution in [0.3, 0.4) is 0 Å². The molecule has 0 unspecified atom stereocenters. The van der Waals surface area contributed by atoms with E-state index in [1.54, 1.807) is 10.9 Å². The number of nitrogens with two attached hydrogens (primary N) is 1. The lowest BCUT2D eigenvalue weighted by atomic mass is 10.1. The van der Waals surface area contributed by atoms with Crippen LogP contribution in [0.25, 0.3) is 11.1 Å². The van der Waals surface area contributed by atoms with E-state index < -0.39 is 0 Å². The minimum Gasteiger partial charge on any atom is -0.462 e. The van der Waals surface area contributed by atoms with E-state index in [1.807, 2.05) is 44.3 Å². The van der Waals surface area contributed by atoms with E-state index in [0.717, 1.165) is 16.8 Å². The minimum atomic E-state index is -0.290. The average molecular weight is 259 g/mol. The van der Waals surface area contributed by atoms with Gasteiger partial charge in [0.2, 0.25) is 0 Å². The van der Waals surface area contributed by atoms with E-state index in [1.165, 1.54) is 0 Å². The molecule has 0 aliphatic rings. The highest BCUT2D eigenvalue weighted by Crippen LogP contribution is 2.19. The Morgan fingerprint density at radius 1 is 1.32 bits per heavy atom. The summed E-state index contributed by atoms with van der Waals surface area (Å²) in [5.74, 6) is -0.290. The van der Waals surface area contributed by atoms with Gasteiger partial charge in [-0.1, -0.05) is 12.1 Å². The number of aromatic nitrogens is 2. The van der Waals surface area contributed by atoms with Crippen molar-refractivity contribution >= 4 is 11.7 Å². The van der Waals surface area contributed by atoms with Crippen LogP contribution in [0, 0.1) is 0 Å². The molecule has 0 aliphatic carbocycles. The summed E-state index contributed by atoms with van der Waals surface area (Å²) in [6.45, 7) is 3.76. The standard InChI is InChI=1S/C14H17N3O2/c1-10(2)19-14(18)9-17-8-12(7-16-17)11-3-5-13(15)6-4-11/h3-8,10H,9,15H2,1-2H3. The Bertz CT molecular complexity index is 558. The van der Waals surface area contributed by atoms with E-state index in [-0.39, 0.29) is 18.6 Å². The lowest BCUT2D eigenvalue weighted by molar-refractivity contribution is -0.148. The van der Waals surface area contributed by atoms with Gasteiger partial charge in [-0.3, -0.25) is 9.48 Å². The predicted octanol–water partition coefficient (Wildman–Crippen LogP) is 2.08. The molecule has 5 heteroatoms. The maximum atomic E-state index is 11.5. The van der Waals surface area contributed by atoms with E-state index in [4.69, 9.17) is 10.5 Å². The molecular formula is C14H17N3O2. The molecule has 5 nitrogen and oxygen atoms in total. The van der Waals surface area contributed by atoms with Gasteiger partial charge in [0.25, 0.3) is 0 Å². The summed E-state index contributed by atoms with van der Waals surface area (Å²) in [5, 5.41) is 4.15. The van der Waals surface area contributed by atoms with Gasteiger partial charge in [-0.15, -0.1) is 0 Å². The van der Waals surface area contributed by atoms with E-state index in [2.05, 4.69) is 5.10 Å². The number of nitrogen functional groups attached to an aromatic ring is 1. The first-order valence-electron chi connectivity index (χ1n) is 6.12. The summed E-state index contributed by atoms with van der Waals surface area (Å²) in [5.41, 5.74) is 8.31. The molecule has 19 heavy (non-hydrogen) atoms. The SMILES string of the molecule is CC(C)OC(=O)Cn1cc(-c2ccc(N)cc2)cn1. The molecule has 0 amide bonds. The van der Waals surface area contributed by atoms with E-state index in [0.29, 0.717) is 0 Å². The lowest BCUT2D eigenvalue weighted by Crippen LogP contribution is -2.17. The van der Waals surface area contributed by atoms with Crippen LogP contribution in [0.2, 0.25) is 0 Å². The van der Waals surface area contributed by atoms with Gasteiger partial charge in [0.1, 0.15) is 6.54 Å². The Kier molecular flexibility index (Phi) is 3.85. The first kappa shape index (κ1) is 13.1. The molecule has 0 fully saturated rings. The largest absolute Gasteiger partial charge is 0.462 e. The van der Waals surface area contributed by atoms with Gasteiger partial charge in [0.15, 0.2) is 0 Å². The lowest BCUT2D eigenvalue weighted by Gasteiger charge is -2.07. The van der Waals surface area contributed by atoms with Crippen LogP contribution in [-0.4, -0.2) is 21.9 Å². The number of anilines is 1. The minimum absolute atomic E-state index is 0.111. The molecule has 0 radical (unpaired) electrons. The van der Waals surface area contributed by atoms with Crippen LogP contribution in [0.1, 0.15) is 13.8 Å². The topological polar surface area (TPSA) is 70.1 Å². The number of nitrogens with zero attached hydrogens (tertiary/aromatic N) is 2. The van der Waals surface area contributed by atoms with Crippen molar-refractivity contribution in [1.82, 2.24) is 9.78 Å². The van der Waals surface area contributed by atoms with Crippen molar-refractivity contribution < 1.29 is 9.53 Å². The zero-order valence-electron chi connectivity index (χ0n) is 11.0. The van der Waals surface area contributed by atoms with Crippen LogP contribution in [0.15, 0.2) is 36.7 Å². The van der Waals surface area contributed by atoms with Crippen molar-refractivity contribution in [3.8, 4) is 11.1 Å². The quantitative estimate of drug-likeness (QED) is 0.674. The number of hydrogen-bond acceptors (Lipinski definition) is 4. The first-order chi connectivity index (χ1) is 9.04. The van der Waals surface area contributed by atoms with Crippen molar-refractivity contribution in [2.45, 2.75) is 26.5 Å². The monoisotopic (exact) mass is 259 g/mol. The summed E-state index contributed by atoms with van der Waals surface area (Å²) in [6.07, 6.45) is 3.42. The van der Waals surface area contributed by atoms with Gasteiger partial charge in [-0.25, -0.2) is 0 Å². The second-order valence-corrected chi connectivity index (χ2v) is 4.59. The zero-order chi connectivity index (χ0) is 13.8. The molecule has 1 aromatic heterocycles. The predicted molar refractivity (Wildman–Crippen MR) is 73.3 cm³/mol. The molecule has 1 aromatic carbocycles. The van der Waals surface area contributed by atoms with Gasteiger partial charge >= 0.3 is 5.97 Å². The Morgan fingerprint density at radius 3 is 2.63 bits per heavy atom. The Balaban J connectivity index is 2.07. The van der Waals surface area contributed by atoms with E-state index >= 15 is 0 Å². The van der Waals surface area contributed by atoms with Gasteiger partial charge < -0.3 is 10.5 Å². The second kappa shape index (κ2) is 5.56. The third kappa shape index (κ3) is 3.58. The van der Waals surface area contributed by atoms with Crippen LogP contribution >= 0.6 is 0 Å². The molecule has 2 aromatic rings. The van der Waals surface area contributed by atoms with Crippen molar-refractivity contribution in [3.63, 3.8) is 0 Å². The third-order valence-corrected chi connectivity index (χ3v) is 2.54. The van der Waals surface area contributed by atoms with Gasteiger partial charge in [0.05, 0.1) is 12.3 Å². The number of hydrogen-bond donors (Lipinski definition) is 1. The number of ether oxygens (including phenoxy) is 1. The fraction of sp³-hybridized carbons (Fsp3) is 0.286. The summed E-state index contributed by atoms with van der Waals surface area (Å²) in [4.78, 5) is 11.5. The maximum absolute atomic E-state index is 11.5. The molecule has 2 N–H and O–H groups in total. The number of carbonyl (C=O) groups excluding carboxylic acids is 1.